The number of anilines is 3. The van der Waals surface area contributed by atoms with Crippen LogP contribution in [0.5, 0.6) is 17.4 Å². The van der Waals surface area contributed by atoms with E-state index in [4.69, 9.17) is 14.2 Å². The summed E-state index contributed by atoms with van der Waals surface area (Å²) in [6.07, 6.45) is -2.39. The molecule has 0 saturated heterocycles. The van der Waals surface area contributed by atoms with Crippen LogP contribution < -0.4 is 24.8 Å². The fraction of sp³-hybridized carbons (Fsp3) is 0.360. The Balaban J connectivity index is 1.66. The van der Waals surface area contributed by atoms with Crippen molar-refractivity contribution in [3.8, 4) is 17.4 Å². The molecule has 10 heteroatoms. The Labute approximate surface area is 201 Å². The molecule has 0 aliphatic carbocycles. The third kappa shape index (κ3) is 7.14. The van der Waals surface area contributed by atoms with Crippen molar-refractivity contribution < 1.29 is 27.4 Å². The Kier molecular flexibility index (Phi) is 7.79. The summed E-state index contributed by atoms with van der Waals surface area (Å²) in [4.78, 5) is 8.75. The van der Waals surface area contributed by atoms with Crippen LogP contribution >= 0.6 is 0 Å². The number of hydrogen-bond acceptors (Lipinski definition) is 7. The van der Waals surface area contributed by atoms with Gasteiger partial charge in [0.1, 0.15) is 17.3 Å². The molecule has 0 radical (unpaired) electrons. The summed E-state index contributed by atoms with van der Waals surface area (Å²) in [5.74, 6) is 1.88. The van der Waals surface area contributed by atoms with Crippen LogP contribution in [0, 0.1) is 0 Å². The first-order chi connectivity index (χ1) is 16.9. The monoisotopic (exact) mass is 488 g/mol. The quantitative estimate of drug-likeness (QED) is 0.476. The first-order valence-corrected chi connectivity index (χ1v) is 11.5. The third-order valence-corrected chi connectivity index (χ3v) is 5.26. The van der Waals surface area contributed by atoms with E-state index >= 15 is 0 Å². The fourth-order valence-corrected chi connectivity index (χ4v) is 3.47. The van der Waals surface area contributed by atoms with E-state index < -0.39 is 12.8 Å². The molecular formula is C25H27F3N4O3. The molecule has 4 aliphatic heterocycles. The number of benzene rings is 2. The van der Waals surface area contributed by atoms with Gasteiger partial charge in [-0.15, -0.1) is 0 Å². The maximum absolute atomic E-state index is 12.9. The Hall–Kier alpha value is -3.69. The van der Waals surface area contributed by atoms with Gasteiger partial charge in [0.25, 0.3) is 0 Å². The van der Waals surface area contributed by atoms with E-state index in [1.54, 1.807) is 0 Å². The van der Waals surface area contributed by atoms with Gasteiger partial charge < -0.3 is 24.8 Å². The maximum Gasteiger partial charge on any atom is 0.422 e. The number of nitrogens with one attached hydrogen (secondary N) is 2. The molecule has 7 rings (SSSR count). The molecule has 0 atom stereocenters. The molecule has 0 spiro atoms. The molecule has 35 heavy (non-hydrogen) atoms. The zero-order chi connectivity index (χ0) is 24.7. The van der Waals surface area contributed by atoms with Crippen molar-refractivity contribution in [1.29, 1.82) is 0 Å². The summed E-state index contributed by atoms with van der Waals surface area (Å²) in [6, 6.07) is 14.9. The standard InChI is InChI=1S/C25H27F3N4O3/c1-2-21-22-30-18-7-11-20(12-8-18)34-14-4-3-13-33-19-9-5-17(6-10-19)15-29-24(31-22)32-23(21)35-16-25(26,27)28/h5-12H,2-4,13-16H2,1H3,(H2,29,30,31,32). The largest absolute Gasteiger partial charge is 0.494 e. The highest BCUT2D eigenvalue weighted by Gasteiger charge is 2.29. The van der Waals surface area contributed by atoms with Crippen LogP contribution in [0.4, 0.5) is 30.6 Å². The topological polar surface area (TPSA) is 77.5 Å². The van der Waals surface area contributed by atoms with Crippen LogP contribution in [0.25, 0.3) is 0 Å². The van der Waals surface area contributed by atoms with Gasteiger partial charge in [0.05, 0.1) is 18.8 Å². The van der Waals surface area contributed by atoms with Gasteiger partial charge in [-0.2, -0.15) is 23.1 Å². The molecule has 3 aromatic rings. The lowest BCUT2D eigenvalue weighted by Gasteiger charge is -2.17. The predicted molar refractivity (Wildman–Crippen MR) is 127 cm³/mol. The number of aromatic nitrogens is 2. The van der Waals surface area contributed by atoms with Crippen LogP contribution in [0.3, 0.4) is 0 Å². The molecule has 2 N–H and O–H groups in total. The zero-order valence-electron chi connectivity index (χ0n) is 19.3. The zero-order valence-corrected chi connectivity index (χ0v) is 19.3. The van der Waals surface area contributed by atoms with Gasteiger partial charge >= 0.3 is 6.18 Å². The van der Waals surface area contributed by atoms with E-state index in [0.29, 0.717) is 43.2 Å². The third-order valence-electron chi connectivity index (χ3n) is 5.26. The second-order valence-corrected chi connectivity index (χ2v) is 7.99. The van der Waals surface area contributed by atoms with Crippen molar-refractivity contribution in [2.45, 2.75) is 38.9 Å². The van der Waals surface area contributed by atoms with Gasteiger partial charge in [0, 0.05) is 12.2 Å². The second-order valence-electron chi connectivity index (χ2n) is 7.99. The minimum absolute atomic E-state index is 0.115. The van der Waals surface area contributed by atoms with Crippen molar-refractivity contribution in [3.05, 3.63) is 59.7 Å². The van der Waals surface area contributed by atoms with E-state index in [9.17, 15) is 13.2 Å². The van der Waals surface area contributed by atoms with Gasteiger partial charge in [0.2, 0.25) is 11.8 Å². The lowest BCUT2D eigenvalue weighted by Crippen LogP contribution is -2.21. The SMILES string of the molecule is CCc1c2nc(nc1OCC(F)(F)F)NCc1ccc(cc1)OCCCCOc1ccc(cc1)N2. The van der Waals surface area contributed by atoms with E-state index in [-0.39, 0.29) is 11.8 Å². The van der Waals surface area contributed by atoms with Crippen molar-refractivity contribution in [2.75, 3.05) is 30.5 Å². The molecule has 5 heterocycles. The summed E-state index contributed by atoms with van der Waals surface area (Å²) >= 11 is 0. The molecule has 4 aliphatic rings. The minimum Gasteiger partial charge on any atom is -0.494 e. The fourth-order valence-electron chi connectivity index (χ4n) is 3.47. The Morgan fingerprint density at radius 2 is 1.54 bits per heavy atom. The summed E-state index contributed by atoms with van der Waals surface area (Å²) in [5, 5.41) is 6.27. The molecule has 186 valence electrons. The molecule has 1 aromatic heterocycles. The smallest absolute Gasteiger partial charge is 0.422 e. The Morgan fingerprint density at radius 3 is 2.14 bits per heavy atom. The predicted octanol–water partition coefficient (Wildman–Crippen LogP) is 5.89. The van der Waals surface area contributed by atoms with Crippen molar-refractivity contribution in [2.24, 2.45) is 0 Å². The number of rotatable bonds is 3. The van der Waals surface area contributed by atoms with Crippen molar-refractivity contribution in [3.63, 3.8) is 0 Å². The molecule has 7 nitrogen and oxygen atoms in total. The molecule has 0 unspecified atom stereocenters. The van der Waals surface area contributed by atoms with E-state index in [1.807, 2.05) is 55.5 Å². The van der Waals surface area contributed by atoms with Gasteiger partial charge in [-0.1, -0.05) is 19.1 Å². The maximum atomic E-state index is 12.9. The molecule has 0 fully saturated rings. The molecule has 0 saturated carbocycles. The summed E-state index contributed by atoms with van der Waals surface area (Å²) in [7, 11) is 0. The second kappa shape index (κ2) is 11.2. The molecule has 0 amide bonds. The number of hydrogen-bond donors (Lipinski definition) is 2. The average Bonchev–Trinajstić information content (AvgIpc) is 2.84. The van der Waals surface area contributed by atoms with Crippen LogP contribution in [-0.2, 0) is 13.0 Å². The highest BCUT2D eigenvalue weighted by molar-refractivity contribution is 5.63. The Bertz CT molecular complexity index is 1110. The van der Waals surface area contributed by atoms with Crippen LogP contribution in [-0.4, -0.2) is 36.0 Å². The number of halogens is 3. The minimum atomic E-state index is -4.49. The van der Waals surface area contributed by atoms with E-state index in [2.05, 4.69) is 20.6 Å². The number of ether oxygens (including phenoxy) is 3. The first-order valence-electron chi connectivity index (χ1n) is 11.5. The summed E-state index contributed by atoms with van der Waals surface area (Å²) in [5.41, 5.74) is 2.09. The average molecular weight is 489 g/mol. The van der Waals surface area contributed by atoms with Gasteiger partial charge in [-0.25, -0.2) is 0 Å². The van der Waals surface area contributed by atoms with Crippen LogP contribution in [0.1, 0.15) is 30.9 Å². The van der Waals surface area contributed by atoms with Crippen molar-refractivity contribution >= 4 is 17.5 Å². The van der Waals surface area contributed by atoms with E-state index in [1.165, 1.54) is 0 Å². The molecule has 6 bridgehead atoms. The number of nitrogens with zero attached hydrogens (tertiary/aromatic N) is 2. The van der Waals surface area contributed by atoms with Crippen LogP contribution in [0.15, 0.2) is 48.5 Å². The van der Waals surface area contributed by atoms with Gasteiger partial charge in [-0.05, 0) is 61.2 Å². The molecular weight excluding hydrogens is 461 g/mol. The van der Waals surface area contributed by atoms with Crippen molar-refractivity contribution in [1.82, 2.24) is 9.97 Å². The van der Waals surface area contributed by atoms with Gasteiger partial charge in [0.15, 0.2) is 6.61 Å². The van der Waals surface area contributed by atoms with Crippen LogP contribution in [0.2, 0.25) is 0 Å². The highest BCUT2D eigenvalue weighted by atomic mass is 19.4. The lowest BCUT2D eigenvalue weighted by molar-refractivity contribution is -0.154. The van der Waals surface area contributed by atoms with E-state index in [0.717, 1.165) is 29.9 Å². The normalized spacial score (nSPS) is 14.3. The summed E-state index contributed by atoms with van der Waals surface area (Å²) < 4.78 is 55.2. The highest BCUT2D eigenvalue weighted by Crippen LogP contribution is 2.30. The lowest BCUT2D eigenvalue weighted by atomic mass is 10.2. The first kappa shape index (κ1) is 24.4. The van der Waals surface area contributed by atoms with Gasteiger partial charge in [-0.3, -0.25) is 0 Å². The number of alkyl halides is 3. The molecule has 2 aromatic carbocycles. The Morgan fingerprint density at radius 1 is 0.914 bits per heavy atom. The summed E-state index contributed by atoms with van der Waals surface area (Å²) in [6.45, 7) is 1.89.